The average Bonchev–Trinajstić information content (AvgIpc) is 2.48. The fourth-order valence-corrected chi connectivity index (χ4v) is 2.50. The predicted molar refractivity (Wildman–Crippen MR) is 84.5 cm³/mol. The molecule has 21 heavy (non-hydrogen) atoms. The third-order valence-corrected chi connectivity index (χ3v) is 3.90. The molecule has 118 valence electrons. The van der Waals surface area contributed by atoms with E-state index in [1.54, 1.807) is 32.4 Å². The topological polar surface area (TPSA) is 64.8 Å². The van der Waals surface area contributed by atoms with Crippen LogP contribution in [0.3, 0.4) is 0 Å². The summed E-state index contributed by atoms with van der Waals surface area (Å²) in [7, 11) is 3.14. The molecule has 0 bridgehead atoms. The number of halogens is 1. The van der Waals surface area contributed by atoms with Gasteiger partial charge in [-0.15, -0.1) is 12.4 Å². The second kappa shape index (κ2) is 7.52. The number of nitrogens with two attached hydrogens (primary N) is 1. The van der Waals surface area contributed by atoms with Crippen molar-refractivity contribution < 1.29 is 14.3 Å². The van der Waals surface area contributed by atoms with E-state index in [1.165, 1.54) is 0 Å². The van der Waals surface area contributed by atoms with Gasteiger partial charge in [-0.25, -0.2) is 0 Å². The Balaban J connectivity index is 0.00000220. The van der Waals surface area contributed by atoms with Crippen molar-refractivity contribution in [3.63, 3.8) is 0 Å². The summed E-state index contributed by atoms with van der Waals surface area (Å²) < 4.78 is 10.5. The lowest BCUT2D eigenvalue weighted by Crippen LogP contribution is -2.48. The van der Waals surface area contributed by atoms with Crippen LogP contribution >= 0.6 is 12.4 Å². The first-order valence-corrected chi connectivity index (χ1v) is 6.83. The summed E-state index contributed by atoms with van der Waals surface area (Å²) in [5.41, 5.74) is 6.53. The molecule has 1 aliphatic rings. The molecule has 1 fully saturated rings. The van der Waals surface area contributed by atoms with Crippen molar-refractivity contribution >= 4 is 18.3 Å². The van der Waals surface area contributed by atoms with Crippen molar-refractivity contribution in [1.82, 2.24) is 4.90 Å². The molecule has 5 nitrogen and oxygen atoms in total. The van der Waals surface area contributed by atoms with Crippen LogP contribution in [0.1, 0.15) is 23.7 Å². The summed E-state index contributed by atoms with van der Waals surface area (Å²) in [5, 5.41) is 0. The Morgan fingerprint density at radius 2 is 2.05 bits per heavy atom. The van der Waals surface area contributed by atoms with Gasteiger partial charge >= 0.3 is 0 Å². The van der Waals surface area contributed by atoms with Gasteiger partial charge in [0.1, 0.15) is 11.5 Å². The lowest BCUT2D eigenvalue weighted by molar-refractivity contribution is 0.0660. The Labute approximate surface area is 131 Å². The summed E-state index contributed by atoms with van der Waals surface area (Å²) in [6.07, 6.45) is 0.833. The number of nitrogens with zero attached hydrogens (tertiary/aromatic N) is 1. The molecule has 0 radical (unpaired) electrons. The third-order valence-electron chi connectivity index (χ3n) is 3.90. The van der Waals surface area contributed by atoms with Crippen LogP contribution in [-0.2, 0) is 0 Å². The molecular weight excluding hydrogens is 292 g/mol. The zero-order valence-electron chi connectivity index (χ0n) is 12.7. The van der Waals surface area contributed by atoms with E-state index < -0.39 is 0 Å². The van der Waals surface area contributed by atoms with Crippen molar-refractivity contribution in [3.8, 4) is 11.5 Å². The van der Waals surface area contributed by atoms with Gasteiger partial charge in [0, 0.05) is 19.1 Å². The van der Waals surface area contributed by atoms with Crippen molar-refractivity contribution in [2.24, 2.45) is 11.7 Å². The van der Waals surface area contributed by atoms with Crippen LogP contribution in [0.15, 0.2) is 18.2 Å². The monoisotopic (exact) mass is 314 g/mol. The zero-order chi connectivity index (χ0) is 14.7. The van der Waals surface area contributed by atoms with Crippen LogP contribution in [0.4, 0.5) is 0 Å². The number of hydrogen-bond donors (Lipinski definition) is 1. The second-order valence-electron chi connectivity index (χ2n) is 5.25. The van der Waals surface area contributed by atoms with E-state index in [9.17, 15) is 4.79 Å². The highest BCUT2D eigenvalue weighted by molar-refractivity contribution is 5.97. The summed E-state index contributed by atoms with van der Waals surface area (Å²) in [5.74, 6) is 1.50. The van der Waals surface area contributed by atoms with Gasteiger partial charge in [-0.3, -0.25) is 4.79 Å². The van der Waals surface area contributed by atoms with Gasteiger partial charge in [0.05, 0.1) is 19.8 Å². The van der Waals surface area contributed by atoms with Gasteiger partial charge in [-0.1, -0.05) is 6.92 Å². The largest absolute Gasteiger partial charge is 0.497 e. The molecule has 2 N–H and O–H groups in total. The molecule has 0 spiro atoms. The van der Waals surface area contributed by atoms with Crippen molar-refractivity contribution in [1.29, 1.82) is 0 Å². The molecule has 0 aromatic heterocycles. The quantitative estimate of drug-likeness (QED) is 0.926. The number of likely N-dealkylation sites (tertiary alicyclic amines) is 1. The van der Waals surface area contributed by atoms with Gasteiger partial charge in [0.15, 0.2) is 0 Å². The fourth-order valence-electron chi connectivity index (χ4n) is 2.50. The van der Waals surface area contributed by atoms with Crippen LogP contribution in [0.25, 0.3) is 0 Å². The Hall–Kier alpha value is -1.46. The summed E-state index contributed by atoms with van der Waals surface area (Å²) in [4.78, 5) is 14.5. The Morgan fingerprint density at radius 1 is 1.33 bits per heavy atom. The number of carbonyl (C=O) groups excluding carboxylic acids is 1. The molecule has 0 aliphatic carbocycles. The molecule has 1 amide bonds. The molecular formula is C15H23ClN2O3. The van der Waals surface area contributed by atoms with Crippen LogP contribution in [0.5, 0.6) is 11.5 Å². The number of hydrogen-bond acceptors (Lipinski definition) is 4. The summed E-state index contributed by atoms with van der Waals surface area (Å²) in [6.45, 7) is 3.44. The standard InChI is InChI=1S/C15H22N2O3.ClH/c1-10-9-17(7-6-13(10)16)15(18)12-8-11(19-2)4-5-14(12)20-3;/h4-5,8,10,13H,6-7,9,16H2,1-3H3;1H. The molecule has 2 rings (SSSR count). The van der Waals surface area contributed by atoms with E-state index in [1.807, 2.05) is 4.90 Å². The average molecular weight is 315 g/mol. The van der Waals surface area contributed by atoms with E-state index in [2.05, 4.69) is 6.92 Å². The maximum absolute atomic E-state index is 12.6. The molecule has 1 aromatic carbocycles. The predicted octanol–water partition coefficient (Wildman–Crippen LogP) is 1.93. The number of rotatable bonds is 3. The Kier molecular flexibility index (Phi) is 6.30. The van der Waals surface area contributed by atoms with Crippen molar-refractivity contribution in [3.05, 3.63) is 23.8 Å². The van der Waals surface area contributed by atoms with E-state index in [4.69, 9.17) is 15.2 Å². The normalized spacial score (nSPS) is 21.4. The first kappa shape index (κ1) is 17.6. The lowest BCUT2D eigenvalue weighted by Gasteiger charge is -2.35. The third kappa shape index (κ3) is 3.80. The van der Waals surface area contributed by atoms with Gasteiger partial charge < -0.3 is 20.1 Å². The molecule has 1 aromatic rings. The van der Waals surface area contributed by atoms with E-state index in [0.717, 1.165) is 6.42 Å². The highest BCUT2D eigenvalue weighted by Gasteiger charge is 2.28. The maximum atomic E-state index is 12.6. The number of benzene rings is 1. The number of methoxy groups -OCH3 is 2. The van der Waals surface area contributed by atoms with Gasteiger partial charge in [-0.2, -0.15) is 0 Å². The van der Waals surface area contributed by atoms with Crippen LogP contribution in [-0.4, -0.2) is 44.2 Å². The summed E-state index contributed by atoms with van der Waals surface area (Å²) >= 11 is 0. The van der Waals surface area contributed by atoms with Crippen LogP contribution in [0.2, 0.25) is 0 Å². The fraction of sp³-hybridized carbons (Fsp3) is 0.533. The molecule has 2 unspecified atom stereocenters. The lowest BCUT2D eigenvalue weighted by atomic mass is 9.94. The maximum Gasteiger partial charge on any atom is 0.257 e. The minimum Gasteiger partial charge on any atom is -0.497 e. The second-order valence-corrected chi connectivity index (χ2v) is 5.25. The minimum absolute atomic E-state index is 0. The molecule has 0 saturated carbocycles. The highest BCUT2D eigenvalue weighted by atomic mass is 35.5. The zero-order valence-corrected chi connectivity index (χ0v) is 13.5. The number of ether oxygens (including phenoxy) is 2. The SMILES string of the molecule is COc1ccc(OC)c(C(=O)N2CCC(N)C(C)C2)c1.Cl. The number of amides is 1. The molecule has 1 saturated heterocycles. The van der Waals surface area contributed by atoms with Crippen LogP contribution in [0, 0.1) is 5.92 Å². The highest BCUT2D eigenvalue weighted by Crippen LogP contribution is 2.27. The van der Waals surface area contributed by atoms with E-state index >= 15 is 0 Å². The molecule has 6 heteroatoms. The Bertz CT molecular complexity index is 496. The molecule has 1 heterocycles. The van der Waals surface area contributed by atoms with E-state index in [-0.39, 0.29) is 24.4 Å². The minimum atomic E-state index is -0.0282. The molecule has 2 atom stereocenters. The smallest absolute Gasteiger partial charge is 0.257 e. The first-order chi connectivity index (χ1) is 9.56. The van der Waals surface area contributed by atoms with Crippen LogP contribution < -0.4 is 15.2 Å². The first-order valence-electron chi connectivity index (χ1n) is 6.83. The van der Waals surface area contributed by atoms with Crippen molar-refractivity contribution in [2.45, 2.75) is 19.4 Å². The van der Waals surface area contributed by atoms with Gasteiger partial charge in [0.25, 0.3) is 5.91 Å². The Morgan fingerprint density at radius 3 is 2.62 bits per heavy atom. The van der Waals surface area contributed by atoms with Gasteiger partial charge in [-0.05, 0) is 30.5 Å². The van der Waals surface area contributed by atoms with Crippen molar-refractivity contribution in [2.75, 3.05) is 27.3 Å². The number of carbonyl (C=O) groups is 1. The van der Waals surface area contributed by atoms with Gasteiger partial charge in [0.2, 0.25) is 0 Å². The molecule has 1 aliphatic heterocycles. The summed E-state index contributed by atoms with van der Waals surface area (Å²) in [6, 6.07) is 5.43. The number of piperidine rings is 1. The van der Waals surface area contributed by atoms with E-state index in [0.29, 0.717) is 36.1 Å².